The third kappa shape index (κ3) is 3.87. The smallest absolute Gasteiger partial charge is 0.270 e. The van der Waals surface area contributed by atoms with E-state index in [1.807, 2.05) is 42.5 Å². The van der Waals surface area contributed by atoms with Gasteiger partial charge >= 0.3 is 0 Å². The second-order valence-electron chi connectivity index (χ2n) is 6.50. The number of nitrogens with zero attached hydrogens (tertiary/aromatic N) is 2. The summed E-state index contributed by atoms with van der Waals surface area (Å²) in [4.78, 5) is 27.8. The van der Waals surface area contributed by atoms with Crippen molar-refractivity contribution in [3.63, 3.8) is 0 Å². The highest BCUT2D eigenvalue weighted by Gasteiger charge is 2.24. The molecular formula is C21H18ClN3O3. The first-order valence-corrected chi connectivity index (χ1v) is 8.68. The lowest BCUT2D eigenvalue weighted by molar-refractivity contribution is -0.384. The van der Waals surface area contributed by atoms with Crippen LogP contribution in [-0.4, -0.2) is 29.6 Å². The standard InChI is InChI=1S/C21H17N3O3.ClH/c25-20(16-9-8-14-4-1-2-5-15(14)10-16)18-12-22-21(23-13-18)17-6-3-7-19(11-17)24(26)27;/h1-11,18H,12-13H2,(H,22,23);1H. The average molecular weight is 396 g/mol. The molecule has 0 bridgehead atoms. The highest BCUT2D eigenvalue weighted by atomic mass is 35.5. The Labute approximate surface area is 167 Å². The van der Waals surface area contributed by atoms with E-state index in [-0.39, 0.29) is 29.8 Å². The summed E-state index contributed by atoms with van der Waals surface area (Å²) in [5.74, 6) is 0.380. The van der Waals surface area contributed by atoms with E-state index < -0.39 is 4.92 Å². The molecule has 4 rings (SSSR count). The van der Waals surface area contributed by atoms with Crippen LogP contribution in [-0.2, 0) is 0 Å². The number of halogens is 1. The number of hydrogen-bond donors (Lipinski definition) is 1. The van der Waals surface area contributed by atoms with Crippen LogP contribution in [0.3, 0.4) is 0 Å². The molecule has 0 aliphatic carbocycles. The van der Waals surface area contributed by atoms with Gasteiger partial charge in [-0.05, 0) is 16.8 Å². The second kappa shape index (κ2) is 8.19. The number of carbonyl (C=O) groups excluding carboxylic acids is 1. The van der Waals surface area contributed by atoms with Gasteiger partial charge in [0.1, 0.15) is 5.84 Å². The first-order valence-electron chi connectivity index (χ1n) is 8.68. The van der Waals surface area contributed by atoms with Crippen LogP contribution in [0.5, 0.6) is 0 Å². The Bertz CT molecular complexity index is 1080. The summed E-state index contributed by atoms with van der Waals surface area (Å²) in [6, 6.07) is 20.0. The van der Waals surface area contributed by atoms with Crippen molar-refractivity contribution < 1.29 is 9.72 Å². The van der Waals surface area contributed by atoms with Gasteiger partial charge in [-0.25, -0.2) is 0 Å². The third-order valence-electron chi connectivity index (χ3n) is 4.72. The molecule has 1 aliphatic rings. The van der Waals surface area contributed by atoms with Gasteiger partial charge in [-0.2, -0.15) is 0 Å². The quantitative estimate of drug-likeness (QED) is 0.410. The van der Waals surface area contributed by atoms with Crippen LogP contribution in [0.1, 0.15) is 15.9 Å². The number of nitro groups is 1. The van der Waals surface area contributed by atoms with E-state index in [0.29, 0.717) is 30.1 Å². The molecule has 142 valence electrons. The van der Waals surface area contributed by atoms with E-state index >= 15 is 0 Å². The summed E-state index contributed by atoms with van der Waals surface area (Å²) in [6.07, 6.45) is 0. The van der Waals surface area contributed by atoms with Gasteiger partial charge in [-0.15, -0.1) is 12.4 Å². The number of non-ortho nitro benzene ring substituents is 1. The minimum atomic E-state index is -0.432. The van der Waals surface area contributed by atoms with E-state index in [2.05, 4.69) is 10.3 Å². The Morgan fingerprint density at radius 2 is 1.82 bits per heavy atom. The maximum absolute atomic E-state index is 12.8. The Morgan fingerprint density at radius 3 is 2.54 bits per heavy atom. The molecule has 0 amide bonds. The minimum absolute atomic E-state index is 0. The average Bonchev–Trinajstić information content (AvgIpc) is 2.73. The van der Waals surface area contributed by atoms with E-state index in [4.69, 9.17) is 0 Å². The largest absolute Gasteiger partial charge is 0.369 e. The van der Waals surface area contributed by atoms with Gasteiger partial charge in [0.05, 0.1) is 17.4 Å². The van der Waals surface area contributed by atoms with Crippen LogP contribution in [0.15, 0.2) is 71.7 Å². The number of benzene rings is 3. The molecule has 1 aliphatic heterocycles. The van der Waals surface area contributed by atoms with E-state index in [0.717, 1.165) is 10.8 Å². The number of fused-ring (bicyclic) bond motifs is 1. The molecule has 3 aromatic carbocycles. The number of rotatable bonds is 4. The number of aliphatic imine (C=N–C) groups is 1. The Hall–Kier alpha value is -3.25. The summed E-state index contributed by atoms with van der Waals surface area (Å²) in [5, 5.41) is 16.2. The van der Waals surface area contributed by atoms with Gasteiger partial charge in [0.25, 0.3) is 5.69 Å². The minimum Gasteiger partial charge on any atom is -0.369 e. The molecule has 3 aromatic rings. The highest BCUT2D eigenvalue weighted by molar-refractivity contribution is 6.04. The molecule has 1 heterocycles. The molecule has 1 unspecified atom stereocenters. The zero-order valence-corrected chi connectivity index (χ0v) is 15.7. The lowest BCUT2D eigenvalue weighted by Crippen LogP contribution is -2.39. The molecule has 0 aromatic heterocycles. The van der Waals surface area contributed by atoms with Gasteiger partial charge in [-0.3, -0.25) is 19.9 Å². The predicted octanol–water partition coefficient (Wildman–Crippen LogP) is 4.02. The number of ketones is 1. The monoisotopic (exact) mass is 395 g/mol. The van der Waals surface area contributed by atoms with Gasteiger partial charge in [0.2, 0.25) is 0 Å². The zero-order valence-electron chi connectivity index (χ0n) is 14.9. The normalized spacial score (nSPS) is 15.9. The van der Waals surface area contributed by atoms with Crippen LogP contribution in [0.4, 0.5) is 5.69 Å². The SMILES string of the molecule is Cl.O=C(c1ccc2ccccc2c1)C1CN=C(c2cccc([N+](=O)[O-])c2)NC1. The molecule has 0 saturated heterocycles. The first-order chi connectivity index (χ1) is 13.1. The van der Waals surface area contributed by atoms with Gasteiger partial charge < -0.3 is 5.32 Å². The van der Waals surface area contributed by atoms with Crippen molar-refractivity contribution in [2.24, 2.45) is 10.9 Å². The highest BCUT2D eigenvalue weighted by Crippen LogP contribution is 2.20. The van der Waals surface area contributed by atoms with Gasteiger partial charge in [-0.1, -0.05) is 48.5 Å². The lowest BCUT2D eigenvalue weighted by Gasteiger charge is -2.22. The van der Waals surface area contributed by atoms with Crippen molar-refractivity contribution in [1.29, 1.82) is 0 Å². The van der Waals surface area contributed by atoms with Crippen molar-refractivity contribution >= 4 is 40.5 Å². The third-order valence-corrected chi connectivity index (χ3v) is 4.72. The molecule has 1 N–H and O–H groups in total. The van der Waals surface area contributed by atoms with Gasteiger partial charge in [0, 0.05) is 29.8 Å². The number of nitro benzene ring substituents is 1. The maximum Gasteiger partial charge on any atom is 0.270 e. The summed E-state index contributed by atoms with van der Waals surface area (Å²) in [6.45, 7) is 0.809. The fourth-order valence-corrected chi connectivity index (χ4v) is 3.26. The van der Waals surface area contributed by atoms with E-state index in [1.165, 1.54) is 12.1 Å². The molecule has 0 fully saturated rings. The molecule has 28 heavy (non-hydrogen) atoms. The Balaban J connectivity index is 0.00000225. The number of nitrogens with one attached hydrogen (secondary N) is 1. The Morgan fingerprint density at radius 1 is 1.04 bits per heavy atom. The summed E-state index contributed by atoms with van der Waals surface area (Å²) in [7, 11) is 0. The number of hydrogen-bond acceptors (Lipinski definition) is 5. The molecular weight excluding hydrogens is 378 g/mol. The zero-order chi connectivity index (χ0) is 18.8. The van der Waals surface area contributed by atoms with E-state index in [9.17, 15) is 14.9 Å². The predicted molar refractivity (Wildman–Crippen MR) is 112 cm³/mol. The summed E-state index contributed by atoms with van der Waals surface area (Å²) in [5.41, 5.74) is 1.35. The van der Waals surface area contributed by atoms with Crippen molar-refractivity contribution in [2.75, 3.05) is 13.1 Å². The number of amidine groups is 1. The molecule has 7 heteroatoms. The van der Waals surface area contributed by atoms with Gasteiger partial charge in [0.15, 0.2) is 5.78 Å². The first kappa shape index (κ1) is 19.5. The molecule has 6 nitrogen and oxygen atoms in total. The second-order valence-corrected chi connectivity index (χ2v) is 6.50. The van der Waals surface area contributed by atoms with Crippen LogP contribution in [0.25, 0.3) is 10.8 Å². The number of carbonyl (C=O) groups is 1. The fourth-order valence-electron chi connectivity index (χ4n) is 3.26. The summed E-state index contributed by atoms with van der Waals surface area (Å²) < 4.78 is 0. The van der Waals surface area contributed by atoms with E-state index in [1.54, 1.807) is 12.1 Å². The van der Waals surface area contributed by atoms with Crippen LogP contribution < -0.4 is 5.32 Å². The van der Waals surface area contributed by atoms with Crippen LogP contribution in [0.2, 0.25) is 0 Å². The Kier molecular flexibility index (Phi) is 5.70. The summed E-state index contributed by atoms with van der Waals surface area (Å²) >= 11 is 0. The van der Waals surface area contributed by atoms with Crippen molar-refractivity contribution in [3.8, 4) is 0 Å². The van der Waals surface area contributed by atoms with Crippen LogP contribution >= 0.6 is 12.4 Å². The lowest BCUT2D eigenvalue weighted by atomic mass is 9.94. The van der Waals surface area contributed by atoms with Crippen molar-refractivity contribution in [1.82, 2.24) is 5.32 Å². The molecule has 1 atom stereocenters. The van der Waals surface area contributed by atoms with Crippen molar-refractivity contribution in [3.05, 3.63) is 88.0 Å². The number of Topliss-reactive ketones (excluding diaryl/α,β-unsaturated/α-hetero) is 1. The molecule has 0 spiro atoms. The maximum atomic E-state index is 12.8. The molecule has 0 radical (unpaired) electrons. The van der Waals surface area contributed by atoms with Crippen molar-refractivity contribution in [2.45, 2.75) is 0 Å². The fraction of sp³-hybridized carbons (Fsp3) is 0.143. The topological polar surface area (TPSA) is 84.6 Å². The van der Waals surface area contributed by atoms with Crippen LogP contribution in [0, 0.1) is 16.0 Å². The molecule has 0 saturated carbocycles.